The van der Waals surface area contributed by atoms with E-state index in [1.165, 1.54) is 17.2 Å². The fourth-order valence-electron chi connectivity index (χ4n) is 1.92. The van der Waals surface area contributed by atoms with Gasteiger partial charge in [-0.25, -0.2) is 4.39 Å². The lowest BCUT2D eigenvalue weighted by molar-refractivity contribution is 0.622. The molecule has 0 amide bonds. The van der Waals surface area contributed by atoms with Gasteiger partial charge in [0, 0.05) is 12.6 Å². The van der Waals surface area contributed by atoms with Gasteiger partial charge < -0.3 is 11.1 Å². The van der Waals surface area contributed by atoms with Gasteiger partial charge in [-0.05, 0) is 40.9 Å². The van der Waals surface area contributed by atoms with E-state index in [2.05, 4.69) is 46.4 Å². The van der Waals surface area contributed by atoms with Gasteiger partial charge in [-0.3, -0.25) is 0 Å². The average Bonchev–Trinajstić information content (AvgIpc) is 2.35. The molecular weight excluding hydrogens is 307 g/mol. The Morgan fingerprint density at radius 3 is 2.79 bits per heavy atom. The lowest BCUT2D eigenvalue weighted by atomic mass is 10.1. The monoisotopic (exact) mass is 322 g/mol. The van der Waals surface area contributed by atoms with Crippen molar-refractivity contribution < 1.29 is 4.39 Å². The number of nitrogen functional groups attached to an aromatic ring is 1. The van der Waals surface area contributed by atoms with Crippen molar-refractivity contribution in [1.82, 2.24) is 0 Å². The highest BCUT2D eigenvalue weighted by Crippen LogP contribution is 2.26. The molecule has 2 aromatic carbocycles. The first kappa shape index (κ1) is 13.9. The third-order valence-electron chi connectivity index (χ3n) is 2.90. The maximum absolute atomic E-state index is 13.4. The van der Waals surface area contributed by atoms with Gasteiger partial charge in [0.15, 0.2) is 0 Å². The summed E-state index contributed by atoms with van der Waals surface area (Å²) in [6.07, 6.45) is 0.874. The Kier molecular flexibility index (Phi) is 4.43. The fourth-order valence-corrected chi connectivity index (χ4v) is 2.29. The van der Waals surface area contributed by atoms with Crippen LogP contribution in [0.2, 0.25) is 0 Å². The topological polar surface area (TPSA) is 38.0 Å². The Bertz CT molecular complexity index is 584. The number of nitrogens with two attached hydrogens (primary N) is 1. The first-order chi connectivity index (χ1) is 9.06. The SMILES string of the molecule is Cc1cccc(CCNc2cc(F)c(Br)cc2N)c1. The first-order valence-corrected chi connectivity index (χ1v) is 6.89. The highest BCUT2D eigenvalue weighted by Gasteiger charge is 2.05. The van der Waals surface area contributed by atoms with E-state index in [0.717, 1.165) is 6.42 Å². The fraction of sp³-hybridized carbons (Fsp3) is 0.200. The van der Waals surface area contributed by atoms with Gasteiger partial charge in [-0.15, -0.1) is 0 Å². The van der Waals surface area contributed by atoms with Crippen LogP contribution in [0.25, 0.3) is 0 Å². The Morgan fingerprint density at radius 1 is 1.26 bits per heavy atom. The summed E-state index contributed by atoms with van der Waals surface area (Å²) in [6, 6.07) is 11.3. The molecule has 100 valence electrons. The van der Waals surface area contributed by atoms with Gasteiger partial charge >= 0.3 is 0 Å². The summed E-state index contributed by atoms with van der Waals surface area (Å²) in [5.41, 5.74) is 9.50. The molecule has 2 aromatic rings. The zero-order valence-corrected chi connectivity index (χ0v) is 12.3. The number of aryl methyl sites for hydroxylation is 1. The zero-order valence-electron chi connectivity index (χ0n) is 10.7. The zero-order chi connectivity index (χ0) is 13.8. The molecule has 0 heterocycles. The Balaban J connectivity index is 1.98. The molecule has 2 nitrogen and oxygen atoms in total. The van der Waals surface area contributed by atoms with Crippen molar-refractivity contribution in [2.75, 3.05) is 17.6 Å². The van der Waals surface area contributed by atoms with Crippen LogP contribution in [0.5, 0.6) is 0 Å². The predicted molar refractivity (Wildman–Crippen MR) is 81.9 cm³/mol. The van der Waals surface area contributed by atoms with Crippen LogP contribution in [-0.4, -0.2) is 6.54 Å². The van der Waals surface area contributed by atoms with Crippen LogP contribution in [0.4, 0.5) is 15.8 Å². The largest absolute Gasteiger partial charge is 0.397 e. The smallest absolute Gasteiger partial charge is 0.139 e. The van der Waals surface area contributed by atoms with Crippen molar-refractivity contribution in [3.8, 4) is 0 Å². The van der Waals surface area contributed by atoms with Crippen molar-refractivity contribution in [2.45, 2.75) is 13.3 Å². The average molecular weight is 323 g/mol. The molecule has 0 aromatic heterocycles. The second-order valence-electron chi connectivity index (χ2n) is 4.52. The number of rotatable bonds is 4. The Labute approximate surface area is 121 Å². The van der Waals surface area contributed by atoms with Crippen molar-refractivity contribution in [3.63, 3.8) is 0 Å². The van der Waals surface area contributed by atoms with Gasteiger partial charge in [0.1, 0.15) is 5.82 Å². The number of halogens is 2. The summed E-state index contributed by atoms with van der Waals surface area (Å²) >= 11 is 3.11. The molecule has 0 bridgehead atoms. The summed E-state index contributed by atoms with van der Waals surface area (Å²) in [7, 11) is 0. The molecule has 3 N–H and O–H groups in total. The maximum Gasteiger partial charge on any atom is 0.139 e. The summed E-state index contributed by atoms with van der Waals surface area (Å²) in [6.45, 7) is 2.79. The van der Waals surface area contributed by atoms with Crippen LogP contribution in [0.3, 0.4) is 0 Å². The van der Waals surface area contributed by atoms with Crippen LogP contribution < -0.4 is 11.1 Å². The second-order valence-corrected chi connectivity index (χ2v) is 5.37. The van der Waals surface area contributed by atoms with E-state index in [9.17, 15) is 4.39 Å². The van der Waals surface area contributed by atoms with Gasteiger partial charge in [0.25, 0.3) is 0 Å². The van der Waals surface area contributed by atoms with Crippen LogP contribution >= 0.6 is 15.9 Å². The normalized spacial score (nSPS) is 10.5. The highest BCUT2D eigenvalue weighted by atomic mass is 79.9. The van der Waals surface area contributed by atoms with Crippen LogP contribution in [0, 0.1) is 12.7 Å². The summed E-state index contributed by atoms with van der Waals surface area (Å²) in [5.74, 6) is -0.313. The number of hydrogen-bond acceptors (Lipinski definition) is 2. The van der Waals surface area contributed by atoms with Gasteiger partial charge in [0.05, 0.1) is 15.8 Å². The molecule has 19 heavy (non-hydrogen) atoms. The number of nitrogens with one attached hydrogen (secondary N) is 1. The minimum Gasteiger partial charge on any atom is -0.397 e. The van der Waals surface area contributed by atoms with E-state index in [4.69, 9.17) is 5.73 Å². The third-order valence-corrected chi connectivity index (χ3v) is 3.51. The molecule has 0 fully saturated rings. The molecule has 0 aliphatic rings. The van der Waals surface area contributed by atoms with Crippen LogP contribution in [-0.2, 0) is 6.42 Å². The van der Waals surface area contributed by atoms with E-state index in [-0.39, 0.29) is 5.82 Å². The molecule has 2 rings (SSSR count). The van der Waals surface area contributed by atoms with Gasteiger partial charge in [-0.2, -0.15) is 0 Å². The summed E-state index contributed by atoms with van der Waals surface area (Å²) in [4.78, 5) is 0. The standard InChI is InChI=1S/C15H16BrFN2/c1-10-3-2-4-11(7-10)5-6-19-15-9-13(17)12(16)8-14(15)18/h2-4,7-9,19H,5-6,18H2,1H3. The Morgan fingerprint density at radius 2 is 2.05 bits per heavy atom. The van der Waals surface area contributed by atoms with Crippen LogP contribution in [0.15, 0.2) is 40.9 Å². The predicted octanol–water partition coefficient (Wildman–Crippen LogP) is 4.13. The highest BCUT2D eigenvalue weighted by molar-refractivity contribution is 9.10. The molecule has 0 unspecified atom stereocenters. The molecule has 0 aliphatic heterocycles. The molecule has 0 atom stereocenters. The van der Waals surface area contributed by atoms with Crippen molar-refractivity contribution in [3.05, 3.63) is 57.8 Å². The first-order valence-electron chi connectivity index (χ1n) is 6.10. The minimum absolute atomic E-state index is 0.313. The number of benzene rings is 2. The summed E-state index contributed by atoms with van der Waals surface area (Å²) < 4.78 is 13.8. The molecule has 0 radical (unpaired) electrons. The van der Waals surface area contributed by atoms with Gasteiger partial charge in [0.2, 0.25) is 0 Å². The molecule has 0 spiro atoms. The molecular formula is C15H16BrFN2. The minimum atomic E-state index is -0.313. The summed E-state index contributed by atoms with van der Waals surface area (Å²) in [5, 5.41) is 3.16. The van der Waals surface area contributed by atoms with Crippen LogP contribution in [0.1, 0.15) is 11.1 Å². The molecule has 0 saturated heterocycles. The number of anilines is 2. The van der Waals surface area contributed by atoms with Crippen molar-refractivity contribution in [1.29, 1.82) is 0 Å². The van der Waals surface area contributed by atoms with E-state index >= 15 is 0 Å². The molecule has 4 heteroatoms. The van der Waals surface area contributed by atoms with Crippen molar-refractivity contribution >= 4 is 27.3 Å². The van der Waals surface area contributed by atoms with Crippen molar-refractivity contribution in [2.24, 2.45) is 0 Å². The third kappa shape index (κ3) is 3.70. The number of hydrogen-bond donors (Lipinski definition) is 2. The quantitative estimate of drug-likeness (QED) is 0.830. The van der Waals surface area contributed by atoms with E-state index in [0.29, 0.717) is 22.4 Å². The lowest BCUT2D eigenvalue weighted by Crippen LogP contribution is -2.07. The molecule has 0 aliphatic carbocycles. The second kappa shape index (κ2) is 6.06. The lowest BCUT2D eigenvalue weighted by Gasteiger charge is -2.10. The van der Waals surface area contributed by atoms with E-state index in [1.54, 1.807) is 6.07 Å². The van der Waals surface area contributed by atoms with E-state index < -0.39 is 0 Å². The molecule has 0 saturated carbocycles. The van der Waals surface area contributed by atoms with Gasteiger partial charge in [-0.1, -0.05) is 29.8 Å². The Hall–Kier alpha value is -1.55. The van der Waals surface area contributed by atoms with E-state index in [1.807, 2.05) is 6.07 Å². The maximum atomic E-state index is 13.4.